The first-order chi connectivity index (χ1) is 9.60. The molecule has 1 aliphatic rings. The number of rotatable bonds is 5. The van der Waals surface area contributed by atoms with Crippen LogP contribution in [0.2, 0.25) is 0 Å². The summed E-state index contributed by atoms with van der Waals surface area (Å²) in [5.41, 5.74) is 1.08. The summed E-state index contributed by atoms with van der Waals surface area (Å²) in [6, 6.07) is 5.11. The molecule has 2 rings (SSSR count). The first-order valence-corrected chi connectivity index (χ1v) is 8.71. The minimum Gasteiger partial charge on any atom is -0.495 e. The molecule has 1 fully saturated rings. The lowest BCUT2D eigenvalue weighted by Crippen LogP contribution is -2.37. The number of hydrogen-bond acceptors (Lipinski definition) is 3. The topological polar surface area (TPSA) is 33.3 Å². The molecule has 0 aromatic heterocycles. The standard InChI is InChI=1S/C15H22Br2N2O/c1-10(7-11-5-3-4-6-18-11)19-14-9-15(20-2)13(17)8-12(14)16/h8-11,18-19H,3-7H2,1-2H3. The predicted molar refractivity (Wildman–Crippen MR) is 91.7 cm³/mol. The van der Waals surface area contributed by atoms with E-state index in [1.165, 1.54) is 19.3 Å². The third-order valence-corrected chi connectivity index (χ3v) is 4.97. The molecule has 2 unspecified atom stereocenters. The molecule has 20 heavy (non-hydrogen) atoms. The van der Waals surface area contributed by atoms with Gasteiger partial charge in [-0.2, -0.15) is 0 Å². The molecule has 5 heteroatoms. The van der Waals surface area contributed by atoms with E-state index in [0.717, 1.165) is 33.3 Å². The van der Waals surface area contributed by atoms with Gasteiger partial charge >= 0.3 is 0 Å². The zero-order valence-corrected chi connectivity index (χ0v) is 15.2. The maximum Gasteiger partial charge on any atom is 0.135 e. The first kappa shape index (κ1) is 16.1. The Bertz CT molecular complexity index is 448. The highest BCUT2D eigenvalue weighted by Gasteiger charge is 2.16. The summed E-state index contributed by atoms with van der Waals surface area (Å²) in [5, 5.41) is 7.17. The van der Waals surface area contributed by atoms with Crippen LogP contribution in [-0.4, -0.2) is 25.7 Å². The summed E-state index contributed by atoms with van der Waals surface area (Å²) in [5.74, 6) is 0.846. The van der Waals surface area contributed by atoms with Gasteiger partial charge in [0.05, 0.1) is 17.3 Å². The van der Waals surface area contributed by atoms with Gasteiger partial charge in [0.25, 0.3) is 0 Å². The van der Waals surface area contributed by atoms with Crippen LogP contribution in [0.5, 0.6) is 5.75 Å². The Labute approximate surface area is 138 Å². The lowest BCUT2D eigenvalue weighted by molar-refractivity contribution is 0.371. The monoisotopic (exact) mass is 404 g/mol. The Hall–Kier alpha value is -0.260. The van der Waals surface area contributed by atoms with Crippen molar-refractivity contribution in [3.63, 3.8) is 0 Å². The van der Waals surface area contributed by atoms with Crippen LogP contribution in [0.1, 0.15) is 32.6 Å². The number of nitrogens with one attached hydrogen (secondary N) is 2. The summed E-state index contributed by atoms with van der Waals surface area (Å²) >= 11 is 7.10. The molecule has 2 N–H and O–H groups in total. The number of piperidine rings is 1. The molecule has 0 saturated carbocycles. The molecule has 0 spiro atoms. The summed E-state index contributed by atoms with van der Waals surface area (Å²) in [4.78, 5) is 0. The fourth-order valence-electron chi connectivity index (χ4n) is 2.67. The van der Waals surface area contributed by atoms with Gasteiger partial charge in [-0.3, -0.25) is 0 Å². The van der Waals surface area contributed by atoms with E-state index < -0.39 is 0 Å². The zero-order valence-electron chi connectivity index (χ0n) is 12.0. The molecule has 0 radical (unpaired) electrons. The van der Waals surface area contributed by atoms with Crippen molar-refractivity contribution < 1.29 is 4.74 Å². The molecule has 0 amide bonds. The largest absolute Gasteiger partial charge is 0.495 e. The first-order valence-electron chi connectivity index (χ1n) is 7.13. The van der Waals surface area contributed by atoms with Gasteiger partial charge in [-0.15, -0.1) is 0 Å². The highest BCUT2D eigenvalue weighted by Crippen LogP contribution is 2.35. The Morgan fingerprint density at radius 1 is 1.35 bits per heavy atom. The van der Waals surface area contributed by atoms with E-state index in [-0.39, 0.29) is 0 Å². The van der Waals surface area contributed by atoms with Crippen LogP contribution >= 0.6 is 31.9 Å². The number of halogens is 2. The molecular formula is C15H22Br2N2O. The third kappa shape index (κ3) is 4.37. The van der Waals surface area contributed by atoms with Crippen LogP contribution in [-0.2, 0) is 0 Å². The number of methoxy groups -OCH3 is 1. The predicted octanol–water partition coefficient (Wildman–Crippen LogP) is 4.55. The molecule has 0 aliphatic carbocycles. The molecule has 1 saturated heterocycles. The highest BCUT2D eigenvalue weighted by atomic mass is 79.9. The van der Waals surface area contributed by atoms with Crippen molar-refractivity contribution in [1.29, 1.82) is 0 Å². The van der Waals surface area contributed by atoms with Gasteiger partial charge in [0.15, 0.2) is 0 Å². The van der Waals surface area contributed by atoms with Crippen LogP contribution < -0.4 is 15.4 Å². The van der Waals surface area contributed by atoms with E-state index in [1.807, 2.05) is 12.1 Å². The van der Waals surface area contributed by atoms with Crippen molar-refractivity contribution in [2.45, 2.75) is 44.7 Å². The number of ether oxygens (including phenoxy) is 1. The summed E-state index contributed by atoms with van der Waals surface area (Å²) in [7, 11) is 1.69. The molecule has 3 nitrogen and oxygen atoms in total. The number of hydrogen-bond donors (Lipinski definition) is 2. The number of anilines is 1. The Balaban J connectivity index is 1.97. The van der Waals surface area contributed by atoms with Crippen LogP contribution in [0, 0.1) is 0 Å². The summed E-state index contributed by atoms with van der Waals surface area (Å²) < 4.78 is 7.36. The third-order valence-electron chi connectivity index (χ3n) is 3.69. The summed E-state index contributed by atoms with van der Waals surface area (Å²) in [6.07, 6.45) is 5.09. The van der Waals surface area contributed by atoms with Gasteiger partial charge in [0.2, 0.25) is 0 Å². The molecule has 1 aromatic rings. The fraction of sp³-hybridized carbons (Fsp3) is 0.600. The van der Waals surface area contributed by atoms with Crippen LogP contribution in [0.4, 0.5) is 5.69 Å². The average molecular weight is 406 g/mol. The maximum absolute atomic E-state index is 5.35. The van der Waals surface area contributed by atoms with Crippen molar-refractivity contribution in [1.82, 2.24) is 5.32 Å². The lowest BCUT2D eigenvalue weighted by atomic mass is 9.98. The SMILES string of the molecule is COc1cc(NC(C)CC2CCCCN2)c(Br)cc1Br. The van der Waals surface area contributed by atoms with Gasteiger partial charge in [-0.05, 0) is 70.7 Å². The molecular weight excluding hydrogens is 384 g/mol. The molecule has 2 atom stereocenters. The van der Waals surface area contributed by atoms with Crippen LogP contribution in [0.3, 0.4) is 0 Å². The van der Waals surface area contributed by atoms with E-state index in [2.05, 4.69) is 49.4 Å². The van der Waals surface area contributed by atoms with E-state index in [9.17, 15) is 0 Å². The second-order valence-corrected chi connectivity index (χ2v) is 7.10. The second-order valence-electron chi connectivity index (χ2n) is 5.39. The van der Waals surface area contributed by atoms with Gasteiger partial charge in [-0.25, -0.2) is 0 Å². The van der Waals surface area contributed by atoms with Crippen molar-refractivity contribution in [3.8, 4) is 5.75 Å². The Morgan fingerprint density at radius 3 is 2.80 bits per heavy atom. The van der Waals surface area contributed by atoms with E-state index in [1.54, 1.807) is 7.11 Å². The maximum atomic E-state index is 5.35. The molecule has 112 valence electrons. The Kier molecular flexibility index (Phi) is 6.18. The second kappa shape index (κ2) is 7.66. The van der Waals surface area contributed by atoms with E-state index in [0.29, 0.717) is 12.1 Å². The number of benzene rings is 1. The van der Waals surface area contributed by atoms with E-state index >= 15 is 0 Å². The highest BCUT2D eigenvalue weighted by molar-refractivity contribution is 9.11. The van der Waals surface area contributed by atoms with Crippen LogP contribution in [0.15, 0.2) is 21.1 Å². The average Bonchev–Trinajstić information content (AvgIpc) is 2.43. The van der Waals surface area contributed by atoms with Crippen molar-refractivity contribution in [3.05, 3.63) is 21.1 Å². The molecule has 1 aliphatic heterocycles. The van der Waals surface area contributed by atoms with Crippen molar-refractivity contribution in [2.24, 2.45) is 0 Å². The zero-order chi connectivity index (χ0) is 14.5. The van der Waals surface area contributed by atoms with Gasteiger partial charge in [-0.1, -0.05) is 6.42 Å². The Morgan fingerprint density at radius 2 is 2.15 bits per heavy atom. The van der Waals surface area contributed by atoms with E-state index in [4.69, 9.17) is 4.74 Å². The lowest BCUT2D eigenvalue weighted by Gasteiger charge is -2.27. The van der Waals surface area contributed by atoms with Crippen molar-refractivity contribution >= 4 is 37.5 Å². The molecule has 1 heterocycles. The minimum atomic E-state index is 0.424. The summed E-state index contributed by atoms with van der Waals surface area (Å²) in [6.45, 7) is 3.39. The molecule has 1 aromatic carbocycles. The molecule has 0 bridgehead atoms. The normalized spacial score (nSPS) is 20.5. The van der Waals surface area contributed by atoms with Gasteiger partial charge in [0.1, 0.15) is 5.75 Å². The fourth-order valence-corrected chi connectivity index (χ4v) is 3.94. The smallest absolute Gasteiger partial charge is 0.135 e. The van der Waals surface area contributed by atoms with Crippen molar-refractivity contribution in [2.75, 3.05) is 19.0 Å². The minimum absolute atomic E-state index is 0.424. The van der Waals surface area contributed by atoms with Gasteiger partial charge in [0, 0.05) is 22.6 Å². The van der Waals surface area contributed by atoms with Crippen LogP contribution in [0.25, 0.3) is 0 Å². The quantitative estimate of drug-likeness (QED) is 0.753. The van der Waals surface area contributed by atoms with Gasteiger partial charge < -0.3 is 15.4 Å².